The second-order valence-electron chi connectivity index (χ2n) is 9.30. The highest BCUT2D eigenvalue weighted by Gasteiger charge is 2.51. The quantitative estimate of drug-likeness (QED) is 0.531. The summed E-state index contributed by atoms with van der Waals surface area (Å²) in [6.07, 6.45) is 1.96. The molecule has 1 saturated heterocycles. The average Bonchev–Trinajstić information content (AvgIpc) is 2.78. The number of aryl methyl sites for hydroxylation is 1. The summed E-state index contributed by atoms with van der Waals surface area (Å²) < 4.78 is 31.5. The van der Waals surface area contributed by atoms with Crippen molar-refractivity contribution in [2.45, 2.75) is 43.0 Å². The van der Waals surface area contributed by atoms with Crippen molar-refractivity contribution in [2.24, 2.45) is 5.92 Å². The van der Waals surface area contributed by atoms with Gasteiger partial charge in [-0.2, -0.15) is 8.42 Å². The van der Waals surface area contributed by atoms with Crippen molar-refractivity contribution in [1.29, 1.82) is 0 Å². The molecule has 166 valence electrons. The first-order valence-corrected chi connectivity index (χ1v) is 12.6. The predicted octanol–water partition coefficient (Wildman–Crippen LogP) is 4.95. The number of piperidine rings is 1. The molecule has 0 N–H and O–H groups in total. The van der Waals surface area contributed by atoms with E-state index in [0.717, 1.165) is 24.9 Å². The number of hydrogen-bond donors (Lipinski definition) is 0. The zero-order chi connectivity index (χ0) is 22.5. The summed E-state index contributed by atoms with van der Waals surface area (Å²) in [6.45, 7) is 5.28. The second kappa shape index (κ2) is 7.75. The highest BCUT2D eigenvalue weighted by atomic mass is 32.2. The Balaban J connectivity index is 1.60. The maximum absolute atomic E-state index is 12.9. The number of likely N-dealkylation sites (N-methyl/N-ethyl adjacent to an activating group) is 1. The van der Waals surface area contributed by atoms with E-state index in [9.17, 15) is 8.42 Å². The first-order valence-electron chi connectivity index (χ1n) is 11.2. The van der Waals surface area contributed by atoms with Crippen LogP contribution in [0.4, 0.5) is 0 Å². The molecule has 0 radical (unpaired) electrons. The SMILES string of the molecule is Cc1ccc(S(=O)(=O)Oc2ccc3c(c2)C2(c4ccccc4)CCN(C)C(C3)C2C)cc1. The number of hydrogen-bond acceptors (Lipinski definition) is 4. The molecule has 3 aromatic carbocycles. The minimum absolute atomic E-state index is 0.154. The molecule has 5 heteroatoms. The molecule has 0 aromatic heterocycles. The van der Waals surface area contributed by atoms with Gasteiger partial charge in [-0.3, -0.25) is 0 Å². The third kappa shape index (κ3) is 3.35. The summed E-state index contributed by atoms with van der Waals surface area (Å²) in [4.78, 5) is 2.65. The fourth-order valence-electron chi connectivity index (χ4n) is 5.77. The lowest BCUT2D eigenvalue weighted by molar-refractivity contribution is 0.0614. The summed E-state index contributed by atoms with van der Waals surface area (Å²) in [6, 6.07) is 23.7. The Hall–Kier alpha value is -2.63. The minimum atomic E-state index is -3.89. The highest BCUT2D eigenvalue weighted by molar-refractivity contribution is 7.87. The number of benzene rings is 3. The van der Waals surface area contributed by atoms with Crippen molar-refractivity contribution in [3.05, 3.63) is 95.1 Å². The van der Waals surface area contributed by atoms with Crippen molar-refractivity contribution < 1.29 is 12.6 Å². The summed E-state index contributed by atoms with van der Waals surface area (Å²) in [5.41, 5.74) is 4.64. The maximum atomic E-state index is 12.9. The van der Waals surface area contributed by atoms with Crippen LogP contribution in [0, 0.1) is 12.8 Å². The minimum Gasteiger partial charge on any atom is -0.379 e. The average molecular weight is 448 g/mol. The zero-order valence-corrected chi connectivity index (χ0v) is 19.6. The van der Waals surface area contributed by atoms with Gasteiger partial charge in [-0.25, -0.2) is 0 Å². The van der Waals surface area contributed by atoms with Gasteiger partial charge in [0.25, 0.3) is 0 Å². The smallest absolute Gasteiger partial charge is 0.339 e. The van der Waals surface area contributed by atoms with E-state index in [1.165, 1.54) is 16.7 Å². The van der Waals surface area contributed by atoms with Crippen LogP contribution in [0.2, 0.25) is 0 Å². The van der Waals surface area contributed by atoms with E-state index in [1.807, 2.05) is 13.0 Å². The van der Waals surface area contributed by atoms with E-state index in [1.54, 1.807) is 30.3 Å². The topological polar surface area (TPSA) is 46.6 Å². The molecule has 1 heterocycles. The number of nitrogens with zero attached hydrogens (tertiary/aromatic N) is 1. The Bertz CT molecular complexity index is 1240. The number of likely N-dealkylation sites (tertiary alicyclic amines) is 1. The van der Waals surface area contributed by atoms with Gasteiger partial charge in [-0.1, -0.05) is 61.0 Å². The van der Waals surface area contributed by atoms with Gasteiger partial charge in [0.1, 0.15) is 10.6 Å². The van der Waals surface area contributed by atoms with Gasteiger partial charge < -0.3 is 9.08 Å². The molecular weight excluding hydrogens is 418 g/mol. The molecule has 3 atom stereocenters. The van der Waals surface area contributed by atoms with E-state index >= 15 is 0 Å². The van der Waals surface area contributed by atoms with Crippen molar-refractivity contribution in [1.82, 2.24) is 4.90 Å². The van der Waals surface area contributed by atoms with Crippen molar-refractivity contribution in [2.75, 3.05) is 13.6 Å². The Morgan fingerprint density at radius 3 is 2.44 bits per heavy atom. The van der Waals surface area contributed by atoms with Gasteiger partial charge in [0, 0.05) is 11.5 Å². The van der Waals surface area contributed by atoms with Gasteiger partial charge in [-0.15, -0.1) is 0 Å². The standard InChI is InChI=1S/C27H29NO3S/c1-19-9-13-24(14-10-19)32(29,30)31-23-12-11-21-17-26-20(2)27(25(21)18-23,15-16-28(26)3)22-7-5-4-6-8-22/h4-14,18,20,26H,15-17H2,1-3H3. The third-order valence-electron chi connectivity index (χ3n) is 7.57. The largest absolute Gasteiger partial charge is 0.379 e. The molecule has 3 unspecified atom stereocenters. The molecule has 2 aliphatic rings. The molecule has 1 aliphatic heterocycles. The Labute approximate surface area is 191 Å². The third-order valence-corrected chi connectivity index (χ3v) is 8.84. The van der Waals surface area contributed by atoms with E-state index < -0.39 is 10.1 Å². The Kier molecular flexibility index (Phi) is 5.14. The van der Waals surface area contributed by atoms with E-state index in [-0.39, 0.29) is 10.3 Å². The molecule has 1 aliphatic carbocycles. The van der Waals surface area contributed by atoms with Crippen LogP contribution in [-0.2, 0) is 22.0 Å². The molecule has 5 rings (SSSR count). The van der Waals surface area contributed by atoms with Crippen molar-refractivity contribution in [3.63, 3.8) is 0 Å². The summed E-state index contributed by atoms with van der Waals surface area (Å²) in [5.74, 6) is 0.782. The lowest BCUT2D eigenvalue weighted by Crippen LogP contribution is -2.58. The molecule has 2 bridgehead atoms. The zero-order valence-electron chi connectivity index (χ0n) is 18.8. The van der Waals surface area contributed by atoms with Crippen LogP contribution < -0.4 is 4.18 Å². The van der Waals surface area contributed by atoms with Crippen LogP contribution in [0.15, 0.2) is 77.7 Å². The second-order valence-corrected chi connectivity index (χ2v) is 10.8. The van der Waals surface area contributed by atoms with Gasteiger partial charge in [0.15, 0.2) is 0 Å². The lowest BCUT2D eigenvalue weighted by atomic mass is 9.55. The van der Waals surface area contributed by atoms with Gasteiger partial charge in [-0.05, 0) is 80.2 Å². The fraction of sp³-hybridized carbons (Fsp3) is 0.333. The number of rotatable bonds is 4. The highest BCUT2D eigenvalue weighted by Crippen LogP contribution is 2.53. The molecule has 0 saturated carbocycles. The first-order chi connectivity index (χ1) is 15.3. The van der Waals surface area contributed by atoms with Gasteiger partial charge in [0.05, 0.1) is 0 Å². The molecule has 32 heavy (non-hydrogen) atoms. The van der Waals surface area contributed by atoms with Crippen LogP contribution in [0.5, 0.6) is 5.75 Å². The van der Waals surface area contributed by atoms with Crippen LogP contribution in [-0.4, -0.2) is 33.0 Å². The number of fused-ring (bicyclic) bond motifs is 4. The summed E-state index contributed by atoms with van der Waals surface area (Å²) in [5, 5.41) is 0. The van der Waals surface area contributed by atoms with Crippen LogP contribution in [0.3, 0.4) is 0 Å². The van der Waals surface area contributed by atoms with E-state index in [0.29, 0.717) is 17.7 Å². The Morgan fingerprint density at radius 2 is 1.72 bits per heavy atom. The normalized spacial score (nSPS) is 25.2. The summed E-state index contributed by atoms with van der Waals surface area (Å²) >= 11 is 0. The van der Waals surface area contributed by atoms with Crippen molar-refractivity contribution >= 4 is 10.1 Å². The van der Waals surface area contributed by atoms with Crippen LogP contribution in [0.1, 0.15) is 35.6 Å². The lowest BCUT2D eigenvalue weighted by Gasteiger charge is -2.55. The van der Waals surface area contributed by atoms with E-state index in [2.05, 4.69) is 55.3 Å². The predicted molar refractivity (Wildman–Crippen MR) is 127 cm³/mol. The van der Waals surface area contributed by atoms with Crippen LogP contribution >= 0.6 is 0 Å². The van der Waals surface area contributed by atoms with E-state index in [4.69, 9.17) is 4.18 Å². The first kappa shape index (κ1) is 21.2. The molecule has 0 amide bonds. The molecule has 4 nitrogen and oxygen atoms in total. The molecule has 3 aromatic rings. The fourth-order valence-corrected chi connectivity index (χ4v) is 6.70. The molecular formula is C27H29NO3S. The maximum Gasteiger partial charge on any atom is 0.339 e. The van der Waals surface area contributed by atoms with Gasteiger partial charge in [0.2, 0.25) is 0 Å². The monoisotopic (exact) mass is 447 g/mol. The molecule has 0 spiro atoms. The molecule has 1 fully saturated rings. The van der Waals surface area contributed by atoms with Crippen LogP contribution in [0.25, 0.3) is 0 Å². The van der Waals surface area contributed by atoms with Gasteiger partial charge >= 0.3 is 10.1 Å². The Morgan fingerprint density at radius 1 is 1.00 bits per heavy atom. The van der Waals surface area contributed by atoms with Crippen molar-refractivity contribution in [3.8, 4) is 5.75 Å². The summed E-state index contributed by atoms with van der Waals surface area (Å²) in [7, 11) is -1.68.